The second-order valence-electron chi connectivity index (χ2n) is 6.12. The van der Waals surface area contributed by atoms with Crippen molar-refractivity contribution in [1.29, 1.82) is 0 Å². The number of rotatable bonds is 16. The highest BCUT2D eigenvalue weighted by molar-refractivity contribution is 5.69. The van der Waals surface area contributed by atoms with Crippen LogP contribution >= 0.6 is 0 Å². The standard InChI is InChI=1S/C21H36O4/c1-2-3-4-5-6-7-8-9-10-11-12-13-14-15-16-17-21(24)25-19-20(23)18-22/h3-4,6-7,9-10,20,22-23H,2,5,8,11-19H2,1H3/b4-3-,7-6-,10-9-/t20-/m0/s1. The lowest BCUT2D eigenvalue weighted by molar-refractivity contribution is -0.147. The third-order valence-electron chi connectivity index (χ3n) is 3.68. The first-order valence-electron chi connectivity index (χ1n) is 9.60. The number of aliphatic hydroxyl groups excluding tert-OH is 2. The summed E-state index contributed by atoms with van der Waals surface area (Å²) in [6.45, 7) is 1.64. The molecule has 1 atom stereocenters. The van der Waals surface area contributed by atoms with Crippen LogP contribution < -0.4 is 0 Å². The Morgan fingerprint density at radius 2 is 1.52 bits per heavy atom. The predicted molar refractivity (Wildman–Crippen MR) is 103 cm³/mol. The lowest BCUT2D eigenvalue weighted by Gasteiger charge is -2.08. The van der Waals surface area contributed by atoms with E-state index in [1.54, 1.807) is 0 Å². The first-order valence-corrected chi connectivity index (χ1v) is 9.60. The quantitative estimate of drug-likeness (QED) is 0.244. The second-order valence-corrected chi connectivity index (χ2v) is 6.12. The number of ether oxygens (including phenoxy) is 1. The predicted octanol–water partition coefficient (Wildman–Crippen LogP) is 4.47. The minimum atomic E-state index is -0.967. The summed E-state index contributed by atoms with van der Waals surface area (Å²) in [7, 11) is 0. The Morgan fingerprint density at radius 3 is 2.20 bits per heavy atom. The lowest BCUT2D eigenvalue weighted by atomic mass is 10.1. The summed E-state index contributed by atoms with van der Waals surface area (Å²) < 4.78 is 4.85. The monoisotopic (exact) mass is 352 g/mol. The first-order chi connectivity index (χ1) is 12.2. The summed E-state index contributed by atoms with van der Waals surface area (Å²) in [5.74, 6) is -0.298. The molecule has 0 radical (unpaired) electrons. The van der Waals surface area contributed by atoms with Gasteiger partial charge in [0.1, 0.15) is 12.7 Å². The Labute approximate surface area is 153 Å². The molecule has 0 aliphatic heterocycles. The Bertz CT molecular complexity index is 385. The van der Waals surface area contributed by atoms with Gasteiger partial charge in [-0.15, -0.1) is 0 Å². The van der Waals surface area contributed by atoms with Crippen molar-refractivity contribution < 1.29 is 19.7 Å². The van der Waals surface area contributed by atoms with E-state index in [4.69, 9.17) is 14.9 Å². The molecule has 0 aromatic heterocycles. The third kappa shape index (κ3) is 18.8. The maximum Gasteiger partial charge on any atom is 0.305 e. The molecule has 0 amide bonds. The molecule has 0 saturated heterocycles. The van der Waals surface area contributed by atoms with Gasteiger partial charge in [-0.05, 0) is 38.5 Å². The smallest absolute Gasteiger partial charge is 0.305 e. The van der Waals surface area contributed by atoms with Gasteiger partial charge in [0.2, 0.25) is 0 Å². The fraction of sp³-hybridized carbons (Fsp3) is 0.667. The average Bonchev–Trinajstić information content (AvgIpc) is 2.62. The molecule has 25 heavy (non-hydrogen) atoms. The molecule has 0 fully saturated rings. The summed E-state index contributed by atoms with van der Waals surface area (Å²) >= 11 is 0. The largest absolute Gasteiger partial charge is 0.463 e. The van der Waals surface area contributed by atoms with Crippen molar-refractivity contribution in [2.75, 3.05) is 13.2 Å². The first kappa shape index (κ1) is 23.6. The molecule has 0 spiro atoms. The van der Waals surface area contributed by atoms with Crippen molar-refractivity contribution in [2.24, 2.45) is 0 Å². The Hall–Kier alpha value is -1.39. The van der Waals surface area contributed by atoms with E-state index in [1.807, 2.05) is 0 Å². The molecule has 0 aliphatic rings. The number of allylic oxidation sites excluding steroid dienone is 6. The van der Waals surface area contributed by atoms with Crippen molar-refractivity contribution in [3.8, 4) is 0 Å². The van der Waals surface area contributed by atoms with Gasteiger partial charge in [-0.3, -0.25) is 4.79 Å². The molecular weight excluding hydrogens is 316 g/mol. The molecule has 0 rings (SSSR count). The number of unbranched alkanes of at least 4 members (excludes halogenated alkanes) is 5. The van der Waals surface area contributed by atoms with E-state index in [-0.39, 0.29) is 19.2 Å². The molecule has 2 N–H and O–H groups in total. The fourth-order valence-corrected chi connectivity index (χ4v) is 2.20. The zero-order valence-electron chi connectivity index (χ0n) is 15.7. The van der Waals surface area contributed by atoms with Crippen molar-refractivity contribution in [3.63, 3.8) is 0 Å². The summed E-state index contributed by atoms with van der Waals surface area (Å²) in [5.41, 5.74) is 0. The van der Waals surface area contributed by atoms with Gasteiger partial charge in [0.05, 0.1) is 6.61 Å². The number of esters is 1. The van der Waals surface area contributed by atoms with Crippen LogP contribution in [0.3, 0.4) is 0 Å². The number of hydrogen-bond acceptors (Lipinski definition) is 4. The highest BCUT2D eigenvalue weighted by Crippen LogP contribution is 2.08. The van der Waals surface area contributed by atoms with Crippen molar-refractivity contribution in [3.05, 3.63) is 36.5 Å². The van der Waals surface area contributed by atoms with Crippen LogP contribution in [0.4, 0.5) is 0 Å². The molecule has 4 nitrogen and oxygen atoms in total. The van der Waals surface area contributed by atoms with E-state index < -0.39 is 6.10 Å². The number of aliphatic hydroxyl groups is 2. The molecular formula is C21H36O4. The van der Waals surface area contributed by atoms with Gasteiger partial charge in [-0.2, -0.15) is 0 Å². The molecule has 0 aromatic carbocycles. The van der Waals surface area contributed by atoms with E-state index in [0.717, 1.165) is 44.9 Å². The van der Waals surface area contributed by atoms with Crippen molar-refractivity contribution in [1.82, 2.24) is 0 Å². The van der Waals surface area contributed by atoms with Gasteiger partial charge >= 0.3 is 5.97 Å². The molecule has 0 bridgehead atoms. The zero-order valence-corrected chi connectivity index (χ0v) is 15.7. The highest BCUT2D eigenvalue weighted by Gasteiger charge is 2.07. The van der Waals surface area contributed by atoms with Crippen LogP contribution in [-0.4, -0.2) is 35.5 Å². The fourth-order valence-electron chi connectivity index (χ4n) is 2.20. The number of carbonyl (C=O) groups is 1. The SMILES string of the molecule is CC/C=C\C/C=C\C/C=C\CCCCCCCC(=O)OC[C@@H](O)CO. The Balaban J connectivity index is 3.34. The van der Waals surface area contributed by atoms with E-state index in [9.17, 15) is 4.79 Å². The molecule has 0 heterocycles. The average molecular weight is 353 g/mol. The van der Waals surface area contributed by atoms with Crippen LogP contribution in [0.2, 0.25) is 0 Å². The van der Waals surface area contributed by atoms with Crippen LogP contribution in [0, 0.1) is 0 Å². The van der Waals surface area contributed by atoms with Crippen LogP contribution in [0.1, 0.15) is 71.1 Å². The summed E-state index contributed by atoms with van der Waals surface area (Å²) in [6.07, 6.45) is 22.3. The molecule has 144 valence electrons. The summed E-state index contributed by atoms with van der Waals surface area (Å²) in [5, 5.41) is 17.7. The van der Waals surface area contributed by atoms with Gasteiger partial charge < -0.3 is 14.9 Å². The van der Waals surface area contributed by atoms with E-state index >= 15 is 0 Å². The van der Waals surface area contributed by atoms with Gasteiger partial charge in [0, 0.05) is 6.42 Å². The normalized spacial score (nSPS) is 13.2. The van der Waals surface area contributed by atoms with Gasteiger partial charge in [0.15, 0.2) is 0 Å². The Kier molecular flexibility index (Phi) is 17.9. The molecule has 0 aliphatic carbocycles. The van der Waals surface area contributed by atoms with Crippen LogP contribution in [0.25, 0.3) is 0 Å². The minimum Gasteiger partial charge on any atom is -0.463 e. The second kappa shape index (κ2) is 18.9. The van der Waals surface area contributed by atoms with E-state index in [0.29, 0.717) is 6.42 Å². The maximum absolute atomic E-state index is 11.4. The van der Waals surface area contributed by atoms with E-state index in [1.165, 1.54) is 12.8 Å². The molecule has 0 aromatic rings. The van der Waals surface area contributed by atoms with Crippen molar-refractivity contribution >= 4 is 5.97 Å². The minimum absolute atomic E-state index is 0.119. The molecule has 0 saturated carbocycles. The van der Waals surface area contributed by atoms with Crippen LogP contribution in [0.5, 0.6) is 0 Å². The topological polar surface area (TPSA) is 66.8 Å². The molecule has 4 heteroatoms. The molecule has 0 unspecified atom stereocenters. The summed E-state index contributed by atoms with van der Waals surface area (Å²) in [4.78, 5) is 11.4. The number of carbonyl (C=O) groups excluding carboxylic acids is 1. The third-order valence-corrected chi connectivity index (χ3v) is 3.68. The summed E-state index contributed by atoms with van der Waals surface area (Å²) in [6, 6.07) is 0. The number of hydrogen-bond donors (Lipinski definition) is 2. The van der Waals surface area contributed by atoms with Gasteiger partial charge in [0.25, 0.3) is 0 Å². The highest BCUT2D eigenvalue weighted by atomic mass is 16.5. The van der Waals surface area contributed by atoms with Gasteiger partial charge in [-0.25, -0.2) is 0 Å². The van der Waals surface area contributed by atoms with Crippen molar-refractivity contribution in [2.45, 2.75) is 77.2 Å². The van der Waals surface area contributed by atoms with Crippen LogP contribution in [-0.2, 0) is 9.53 Å². The maximum atomic E-state index is 11.4. The lowest BCUT2D eigenvalue weighted by Crippen LogP contribution is -2.21. The van der Waals surface area contributed by atoms with E-state index in [2.05, 4.69) is 43.4 Å². The zero-order chi connectivity index (χ0) is 18.6. The van der Waals surface area contributed by atoms with Gasteiger partial charge in [-0.1, -0.05) is 62.6 Å². The Morgan fingerprint density at radius 1 is 0.920 bits per heavy atom. The van der Waals surface area contributed by atoms with Crippen LogP contribution in [0.15, 0.2) is 36.5 Å².